The molecule has 0 spiro atoms. The van der Waals surface area contributed by atoms with E-state index in [-0.39, 0.29) is 5.54 Å². The maximum atomic E-state index is 4.63. The third kappa shape index (κ3) is 5.13. The summed E-state index contributed by atoms with van der Waals surface area (Å²) in [6, 6.07) is 10.3. The molecule has 0 bridgehead atoms. The van der Waals surface area contributed by atoms with E-state index in [2.05, 4.69) is 74.7 Å². The molecular weight excluding hydrogens is 282 g/mol. The van der Waals surface area contributed by atoms with Gasteiger partial charge in [0.25, 0.3) is 0 Å². The molecule has 3 heteroatoms. The van der Waals surface area contributed by atoms with Crippen LogP contribution in [0.25, 0.3) is 0 Å². The lowest BCUT2D eigenvalue weighted by atomic mass is 10.1. The van der Waals surface area contributed by atoms with Gasteiger partial charge in [0.05, 0.1) is 28.8 Å². The van der Waals surface area contributed by atoms with Crippen molar-refractivity contribution in [3.8, 4) is 0 Å². The van der Waals surface area contributed by atoms with E-state index >= 15 is 0 Å². The van der Waals surface area contributed by atoms with Crippen molar-refractivity contribution < 1.29 is 0 Å². The minimum absolute atomic E-state index is 0.0993. The Bertz CT molecular complexity index is 730. The second-order valence-electron chi connectivity index (χ2n) is 6.92. The molecule has 0 N–H and O–H groups in total. The summed E-state index contributed by atoms with van der Waals surface area (Å²) in [6.07, 6.45) is 3.67. The fourth-order valence-electron chi connectivity index (χ4n) is 2.25. The van der Waals surface area contributed by atoms with Crippen LogP contribution in [0.15, 0.2) is 40.3 Å². The fourth-order valence-corrected chi connectivity index (χ4v) is 2.25. The second-order valence-corrected chi connectivity index (χ2v) is 6.92. The molecule has 0 amide bonds. The molecule has 0 saturated heterocycles. The molecule has 23 heavy (non-hydrogen) atoms. The van der Waals surface area contributed by atoms with Gasteiger partial charge in [-0.05, 0) is 70.4 Å². The Morgan fingerprint density at radius 3 is 2.04 bits per heavy atom. The highest BCUT2D eigenvalue weighted by Gasteiger charge is 2.06. The number of nitrogens with zero attached hydrogens (tertiary/aromatic N) is 3. The standard InChI is InChI=1S/C20H25N3/c1-14-10-17(23-18(11-14)13-22-20(4,5)6)12-21-19-15(2)8-7-9-16(19)3/h7-13H,1-6H3. The SMILES string of the molecule is Cc1cc(C=Nc2c(C)cccc2C)nc(C=NC(C)(C)C)c1. The zero-order chi connectivity index (χ0) is 17.0. The van der Waals surface area contributed by atoms with E-state index in [4.69, 9.17) is 0 Å². The minimum atomic E-state index is -0.0993. The van der Waals surface area contributed by atoms with E-state index in [1.54, 1.807) is 0 Å². The number of aromatic nitrogens is 1. The average Bonchev–Trinajstić information content (AvgIpc) is 2.43. The smallest absolute Gasteiger partial charge is 0.0823 e. The molecule has 120 valence electrons. The van der Waals surface area contributed by atoms with Crippen molar-refractivity contribution in [2.45, 2.75) is 47.1 Å². The first-order valence-corrected chi connectivity index (χ1v) is 7.89. The second kappa shape index (κ2) is 6.86. The van der Waals surface area contributed by atoms with Crippen LogP contribution in [0, 0.1) is 20.8 Å². The predicted octanol–water partition coefficient (Wildman–Crippen LogP) is 4.97. The predicted molar refractivity (Wildman–Crippen MR) is 99.5 cm³/mol. The maximum Gasteiger partial charge on any atom is 0.0823 e. The van der Waals surface area contributed by atoms with Crippen LogP contribution in [0.5, 0.6) is 0 Å². The molecule has 0 radical (unpaired) electrons. The van der Waals surface area contributed by atoms with Gasteiger partial charge in [-0.1, -0.05) is 18.2 Å². The number of pyridine rings is 1. The molecule has 2 rings (SSSR count). The van der Waals surface area contributed by atoms with Crippen LogP contribution in [0.1, 0.15) is 48.8 Å². The molecule has 1 heterocycles. The molecule has 0 atom stereocenters. The Morgan fingerprint density at radius 1 is 0.913 bits per heavy atom. The first-order valence-electron chi connectivity index (χ1n) is 7.89. The molecule has 0 aliphatic rings. The number of hydrogen-bond donors (Lipinski definition) is 0. The highest BCUT2D eigenvalue weighted by Crippen LogP contribution is 2.22. The average molecular weight is 307 g/mol. The van der Waals surface area contributed by atoms with Gasteiger partial charge in [-0.25, -0.2) is 4.98 Å². The molecular formula is C20H25N3. The number of aryl methyl sites for hydroxylation is 3. The van der Waals surface area contributed by atoms with Gasteiger partial charge in [0.15, 0.2) is 0 Å². The third-order valence-electron chi connectivity index (χ3n) is 3.36. The summed E-state index contributed by atoms with van der Waals surface area (Å²) >= 11 is 0. The number of hydrogen-bond acceptors (Lipinski definition) is 3. The van der Waals surface area contributed by atoms with Crippen LogP contribution in [0.4, 0.5) is 5.69 Å². The molecule has 1 aromatic heterocycles. The Morgan fingerprint density at radius 2 is 1.48 bits per heavy atom. The molecule has 3 nitrogen and oxygen atoms in total. The van der Waals surface area contributed by atoms with Crippen LogP contribution in [-0.2, 0) is 0 Å². The first-order chi connectivity index (χ1) is 10.7. The highest BCUT2D eigenvalue weighted by atomic mass is 14.8. The van der Waals surface area contributed by atoms with Gasteiger partial charge in [-0.3, -0.25) is 9.98 Å². The quantitative estimate of drug-likeness (QED) is 0.737. The van der Waals surface area contributed by atoms with Gasteiger partial charge in [0.1, 0.15) is 0 Å². The number of aliphatic imine (C=N–C) groups is 2. The van der Waals surface area contributed by atoms with Crippen molar-refractivity contribution in [3.63, 3.8) is 0 Å². The van der Waals surface area contributed by atoms with Crippen LogP contribution >= 0.6 is 0 Å². The lowest BCUT2D eigenvalue weighted by Crippen LogP contribution is -2.10. The summed E-state index contributed by atoms with van der Waals surface area (Å²) in [5.41, 5.74) is 6.12. The third-order valence-corrected chi connectivity index (χ3v) is 3.36. The van der Waals surface area contributed by atoms with E-state index < -0.39 is 0 Å². The topological polar surface area (TPSA) is 37.6 Å². The summed E-state index contributed by atoms with van der Waals surface area (Å²) in [7, 11) is 0. The van der Waals surface area contributed by atoms with Crippen LogP contribution in [0.2, 0.25) is 0 Å². The van der Waals surface area contributed by atoms with Crippen molar-refractivity contribution in [3.05, 3.63) is 58.4 Å². The van der Waals surface area contributed by atoms with Gasteiger partial charge >= 0.3 is 0 Å². The van der Waals surface area contributed by atoms with E-state index in [9.17, 15) is 0 Å². The van der Waals surface area contributed by atoms with E-state index in [1.165, 1.54) is 11.1 Å². The summed E-state index contributed by atoms with van der Waals surface area (Å²) in [5.74, 6) is 0. The highest BCUT2D eigenvalue weighted by molar-refractivity contribution is 5.84. The summed E-state index contributed by atoms with van der Waals surface area (Å²) in [5, 5.41) is 0. The largest absolute Gasteiger partial charge is 0.285 e. The molecule has 2 aromatic rings. The van der Waals surface area contributed by atoms with Crippen LogP contribution in [-0.4, -0.2) is 23.0 Å². The molecule has 0 unspecified atom stereocenters. The van der Waals surface area contributed by atoms with E-state index in [0.717, 1.165) is 22.6 Å². The van der Waals surface area contributed by atoms with Crippen molar-refractivity contribution in [1.82, 2.24) is 4.98 Å². The zero-order valence-corrected chi connectivity index (χ0v) is 14.9. The Kier molecular flexibility index (Phi) is 5.09. The summed E-state index contributed by atoms with van der Waals surface area (Å²) < 4.78 is 0. The Balaban J connectivity index is 2.32. The first kappa shape index (κ1) is 17.1. The molecule has 0 aliphatic carbocycles. The Labute approximate surface area is 139 Å². The number of benzene rings is 1. The van der Waals surface area contributed by atoms with Gasteiger partial charge < -0.3 is 0 Å². The van der Waals surface area contributed by atoms with Gasteiger partial charge in [-0.15, -0.1) is 0 Å². The molecule has 1 aromatic carbocycles. The van der Waals surface area contributed by atoms with Crippen molar-refractivity contribution in [1.29, 1.82) is 0 Å². The maximum absolute atomic E-state index is 4.63. The summed E-state index contributed by atoms with van der Waals surface area (Å²) in [4.78, 5) is 13.8. The van der Waals surface area contributed by atoms with E-state index in [0.29, 0.717) is 0 Å². The zero-order valence-electron chi connectivity index (χ0n) is 14.9. The van der Waals surface area contributed by atoms with Crippen molar-refractivity contribution in [2.24, 2.45) is 9.98 Å². The number of para-hydroxylation sites is 1. The van der Waals surface area contributed by atoms with Crippen molar-refractivity contribution >= 4 is 18.1 Å². The summed E-state index contributed by atoms with van der Waals surface area (Å²) in [6.45, 7) is 12.4. The van der Waals surface area contributed by atoms with Crippen LogP contribution in [0.3, 0.4) is 0 Å². The molecule has 0 aliphatic heterocycles. The fraction of sp³-hybridized carbons (Fsp3) is 0.350. The van der Waals surface area contributed by atoms with Gasteiger partial charge in [0, 0.05) is 6.21 Å². The lowest BCUT2D eigenvalue weighted by molar-refractivity contribution is 0.586. The molecule has 0 saturated carbocycles. The van der Waals surface area contributed by atoms with Gasteiger partial charge in [-0.2, -0.15) is 0 Å². The number of rotatable bonds is 3. The van der Waals surface area contributed by atoms with Gasteiger partial charge in [0.2, 0.25) is 0 Å². The minimum Gasteiger partial charge on any atom is -0.285 e. The Hall–Kier alpha value is -2.29. The lowest BCUT2D eigenvalue weighted by Gasteiger charge is -2.10. The monoisotopic (exact) mass is 307 g/mol. The van der Waals surface area contributed by atoms with Crippen molar-refractivity contribution in [2.75, 3.05) is 0 Å². The van der Waals surface area contributed by atoms with Crippen LogP contribution < -0.4 is 0 Å². The van der Waals surface area contributed by atoms with E-state index in [1.807, 2.05) is 24.6 Å². The normalized spacial score (nSPS) is 12.4. The molecule has 0 fully saturated rings.